The standard InChI is InChI=1S/C18H10ClF2N3O3S2/c19-14-8-13(4-5-15(14)21)24-29(25,26)16-7-11(9-28-16)18-22-17(23-27-18)10-2-1-3-12(20)6-10/h1-9,24H. The van der Waals surface area contributed by atoms with Crippen molar-refractivity contribution in [1.29, 1.82) is 0 Å². The molecule has 0 saturated heterocycles. The van der Waals surface area contributed by atoms with Crippen LogP contribution >= 0.6 is 22.9 Å². The summed E-state index contributed by atoms with van der Waals surface area (Å²) in [5, 5.41) is 5.13. The quantitative estimate of drug-likeness (QED) is 0.449. The molecule has 0 fully saturated rings. The predicted molar refractivity (Wildman–Crippen MR) is 105 cm³/mol. The van der Waals surface area contributed by atoms with E-state index >= 15 is 0 Å². The summed E-state index contributed by atoms with van der Waals surface area (Å²) < 4.78 is 59.2. The van der Waals surface area contributed by atoms with Crippen LogP contribution in [0.1, 0.15) is 0 Å². The average molecular weight is 454 g/mol. The first kappa shape index (κ1) is 19.5. The third kappa shape index (κ3) is 4.14. The number of benzene rings is 2. The van der Waals surface area contributed by atoms with Gasteiger partial charge in [-0.25, -0.2) is 17.2 Å². The molecule has 11 heteroatoms. The minimum atomic E-state index is -3.93. The van der Waals surface area contributed by atoms with Crippen molar-refractivity contribution >= 4 is 38.6 Å². The Kier molecular flexibility index (Phi) is 5.07. The highest BCUT2D eigenvalue weighted by atomic mass is 35.5. The van der Waals surface area contributed by atoms with Crippen LogP contribution in [0.15, 0.2) is 62.6 Å². The van der Waals surface area contributed by atoms with Crippen LogP contribution in [-0.4, -0.2) is 18.6 Å². The van der Waals surface area contributed by atoms with Crippen LogP contribution in [0.2, 0.25) is 5.02 Å². The lowest BCUT2D eigenvalue weighted by Gasteiger charge is -2.06. The minimum Gasteiger partial charge on any atom is -0.334 e. The van der Waals surface area contributed by atoms with Gasteiger partial charge in [-0.05, 0) is 36.4 Å². The largest absolute Gasteiger partial charge is 0.334 e. The summed E-state index contributed by atoms with van der Waals surface area (Å²) in [7, 11) is -3.93. The fourth-order valence-corrected chi connectivity index (χ4v) is 4.80. The number of hydrogen-bond acceptors (Lipinski definition) is 6. The van der Waals surface area contributed by atoms with Crippen molar-refractivity contribution in [2.24, 2.45) is 0 Å². The first-order valence-electron chi connectivity index (χ1n) is 7.98. The van der Waals surface area contributed by atoms with Crippen LogP contribution in [0.3, 0.4) is 0 Å². The summed E-state index contributed by atoms with van der Waals surface area (Å²) in [6.07, 6.45) is 0. The molecule has 0 saturated carbocycles. The molecule has 2 aromatic carbocycles. The number of anilines is 1. The monoisotopic (exact) mass is 453 g/mol. The van der Waals surface area contributed by atoms with Crippen LogP contribution in [0.5, 0.6) is 0 Å². The Balaban J connectivity index is 1.58. The maximum absolute atomic E-state index is 13.4. The van der Waals surface area contributed by atoms with Gasteiger partial charge in [0.25, 0.3) is 15.9 Å². The van der Waals surface area contributed by atoms with Gasteiger partial charge in [0.15, 0.2) is 0 Å². The lowest BCUT2D eigenvalue weighted by Crippen LogP contribution is -2.11. The number of nitrogens with zero attached hydrogens (tertiary/aromatic N) is 2. The summed E-state index contributed by atoms with van der Waals surface area (Å²) in [4.78, 5) is 4.18. The molecule has 0 aliphatic heterocycles. The number of nitrogens with one attached hydrogen (secondary N) is 1. The van der Waals surface area contributed by atoms with Gasteiger partial charge in [0.1, 0.15) is 15.8 Å². The number of halogens is 3. The Labute approximate surface area is 172 Å². The Bertz CT molecular complexity index is 1310. The second kappa shape index (κ2) is 7.54. The van der Waals surface area contributed by atoms with E-state index in [0.29, 0.717) is 11.1 Å². The molecule has 1 N–H and O–H groups in total. The third-order valence-electron chi connectivity index (χ3n) is 3.77. The molecule has 0 amide bonds. The van der Waals surface area contributed by atoms with E-state index in [9.17, 15) is 17.2 Å². The SMILES string of the molecule is O=S(=O)(Nc1ccc(F)c(Cl)c1)c1cc(-c2nc(-c3cccc(F)c3)no2)cs1. The van der Waals surface area contributed by atoms with Gasteiger partial charge in [-0.1, -0.05) is 28.9 Å². The molecule has 0 radical (unpaired) electrons. The van der Waals surface area contributed by atoms with Crippen LogP contribution in [0, 0.1) is 11.6 Å². The number of rotatable bonds is 5. The smallest absolute Gasteiger partial charge is 0.271 e. The van der Waals surface area contributed by atoms with Crippen LogP contribution in [0.25, 0.3) is 22.8 Å². The zero-order valence-electron chi connectivity index (χ0n) is 14.3. The zero-order chi connectivity index (χ0) is 20.6. The van der Waals surface area contributed by atoms with Crippen LogP contribution in [0.4, 0.5) is 14.5 Å². The van der Waals surface area contributed by atoms with Gasteiger partial charge in [0, 0.05) is 10.9 Å². The Morgan fingerprint density at radius 3 is 2.66 bits per heavy atom. The van der Waals surface area contributed by atoms with Crippen molar-refractivity contribution in [3.05, 3.63) is 70.6 Å². The van der Waals surface area contributed by atoms with E-state index in [0.717, 1.165) is 17.4 Å². The van der Waals surface area contributed by atoms with Crippen molar-refractivity contribution in [3.63, 3.8) is 0 Å². The Morgan fingerprint density at radius 2 is 1.90 bits per heavy atom. The zero-order valence-corrected chi connectivity index (χ0v) is 16.7. The van der Waals surface area contributed by atoms with Crippen LogP contribution < -0.4 is 4.72 Å². The van der Waals surface area contributed by atoms with Crippen molar-refractivity contribution in [3.8, 4) is 22.8 Å². The van der Waals surface area contributed by atoms with Gasteiger partial charge in [0.05, 0.1) is 16.3 Å². The van der Waals surface area contributed by atoms with E-state index in [1.54, 1.807) is 6.07 Å². The Morgan fingerprint density at radius 1 is 1.07 bits per heavy atom. The van der Waals surface area contributed by atoms with E-state index in [1.807, 2.05) is 0 Å². The average Bonchev–Trinajstić information content (AvgIpc) is 3.34. The lowest BCUT2D eigenvalue weighted by molar-refractivity contribution is 0.432. The van der Waals surface area contributed by atoms with Gasteiger partial charge < -0.3 is 4.52 Å². The number of sulfonamides is 1. The summed E-state index contributed by atoms with van der Waals surface area (Å²) in [5.74, 6) is -0.829. The van der Waals surface area contributed by atoms with Gasteiger partial charge in [-0.3, -0.25) is 4.72 Å². The van der Waals surface area contributed by atoms with E-state index < -0.39 is 21.7 Å². The molecule has 0 aliphatic rings. The molecule has 0 atom stereocenters. The van der Waals surface area contributed by atoms with E-state index in [2.05, 4.69) is 14.9 Å². The molecule has 29 heavy (non-hydrogen) atoms. The third-order valence-corrected chi connectivity index (χ3v) is 6.88. The molecule has 0 spiro atoms. The Hall–Kier alpha value is -2.82. The molecule has 148 valence electrons. The molecule has 4 rings (SSSR count). The van der Waals surface area contributed by atoms with Gasteiger partial charge in [-0.15, -0.1) is 11.3 Å². The number of thiophene rings is 1. The van der Waals surface area contributed by atoms with Crippen molar-refractivity contribution in [2.45, 2.75) is 4.21 Å². The van der Waals surface area contributed by atoms with Crippen molar-refractivity contribution < 1.29 is 21.7 Å². The molecular formula is C18H10ClF2N3O3S2. The molecule has 6 nitrogen and oxygen atoms in total. The van der Waals surface area contributed by atoms with E-state index in [4.69, 9.17) is 16.1 Å². The van der Waals surface area contributed by atoms with E-state index in [1.165, 1.54) is 41.8 Å². The van der Waals surface area contributed by atoms with Crippen molar-refractivity contribution in [2.75, 3.05) is 4.72 Å². The number of hydrogen-bond donors (Lipinski definition) is 1. The normalized spacial score (nSPS) is 11.6. The molecule has 2 heterocycles. The van der Waals surface area contributed by atoms with Crippen molar-refractivity contribution in [1.82, 2.24) is 10.1 Å². The fourth-order valence-electron chi connectivity index (χ4n) is 2.42. The van der Waals surface area contributed by atoms with E-state index in [-0.39, 0.29) is 26.6 Å². The fraction of sp³-hybridized carbons (Fsp3) is 0. The summed E-state index contributed by atoms with van der Waals surface area (Å²) in [5.41, 5.74) is 0.943. The summed E-state index contributed by atoms with van der Waals surface area (Å²) in [6, 6.07) is 10.6. The molecule has 4 aromatic rings. The highest BCUT2D eigenvalue weighted by molar-refractivity contribution is 7.94. The van der Waals surface area contributed by atoms with Crippen LogP contribution in [-0.2, 0) is 10.0 Å². The first-order chi connectivity index (χ1) is 13.8. The predicted octanol–water partition coefficient (Wildman–Crippen LogP) is 5.20. The first-order valence-corrected chi connectivity index (χ1v) is 10.7. The molecule has 2 aromatic heterocycles. The highest BCUT2D eigenvalue weighted by Gasteiger charge is 2.20. The van der Waals surface area contributed by atoms with Gasteiger partial charge in [0.2, 0.25) is 5.82 Å². The summed E-state index contributed by atoms with van der Waals surface area (Å²) in [6.45, 7) is 0. The molecule has 0 aliphatic carbocycles. The minimum absolute atomic E-state index is 0.0153. The molecular weight excluding hydrogens is 444 g/mol. The lowest BCUT2D eigenvalue weighted by atomic mass is 10.2. The molecule has 0 unspecified atom stereocenters. The maximum Gasteiger partial charge on any atom is 0.271 e. The van der Waals surface area contributed by atoms with Gasteiger partial charge in [-0.2, -0.15) is 4.98 Å². The van der Waals surface area contributed by atoms with Gasteiger partial charge >= 0.3 is 0 Å². The summed E-state index contributed by atoms with van der Waals surface area (Å²) >= 11 is 6.62. The number of aromatic nitrogens is 2. The maximum atomic E-state index is 13.4. The second-order valence-corrected chi connectivity index (χ2v) is 9.05. The molecule has 0 bridgehead atoms. The topological polar surface area (TPSA) is 85.1 Å². The second-order valence-electron chi connectivity index (χ2n) is 5.82. The highest BCUT2D eigenvalue weighted by Crippen LogP contribution is 2.30.